The normalized spacial score (nSPS) is 14.1. The largest absolute Gasteiger partial charge is 0.472 e. The van der Waals surface area contributed by atoms with Gasteiger partial charge in [-0.1, -0.05) is 132 Å². The molecule has 2 atom stereocenters. The van der Waals surface area contributed by atoms with Crippen molar-refractivity contribution in [1.82, 2.24) is 0 Å². The van der Waals surface area contributed by atoms with E-state index in [0.29, 0.717) is 12.8 Å². The number of allylic oxidation sites excluding steroid dienone is 12. The number of carbonyl (C=O) groups is 2. The molecule has 10 heteroatoms. The summed E-state index contributed by atoms with van der Waals surface area (Å²) in [6.07, 6.45) is 46.4. The van der Waals surface area contributed by atoms with Gasteiger partial charge in [0.15, 0.2) is 6.10 Å². The molecule has 0 heterocycles. The minimum absolute atomic E-state index is 0.0426. The van der Waals surface area contributed by atoms with Gasteiger partial charge in [-0.25, -0.2) is 4.57 Å². The molecule has 9 nitrogen and oxygen atoms in total. The number of ether oxygens (including phenoxy) is 2. The zero-order valence-electron chi connectivity index (χ0n) is 33.2. The first kappa shape index (κ1) is 50.5. The fraction of sp³-hybridized carbons (Fsp3) is 0.674. The summed E-state index contributed by atoms with van der Waals surface area (Å²) < 4.78 is 32.7. The van der Waals surface area contributed by atoms with Crippen LogP contribution in [0.3, 0.4) is 0 Å². The molecule has 53 heavy (non-hydrogen) atoms. The molecule has 0 spiro atoms. The summed E-state index contributed by atoms with van der Waals surface area (Å²) >= 11 is 0. The highest BCUT2D eigenvalue weighted by molar-refractivity contribution is 7.47. The lowest BCUT2D eigenvalue weighted by Crippen LogP contribution is -2.29. The molecule has 0 aromatic carbocycles. The SMILES string of the molecule is CC/C=C/C/C=C/C/C=C/C/C=C/CCCCC(=O)OC[C@H](COP(=O)(O)OCCN)OC(=O)CCCCCCCCC/C=C/C/C=C/CCCCC. The van der Waals surface area contributed by atoms with Gasteiger partial charge in [0.25, 0.3) is 0 Å². The fourth-order valence-corrected chi connectivity index (χ4v) is 5.83. The van der Waals surface area contributed by atoms with Gasteiger partial charge in [0.1, 0.15) is 6.61 Å². The van der Waals surface area contributed by atoms with Crippen molar-refractivity contribution in [3.05, 3.63) is 72.9 Å². The van der Waals surface area contributed by atoms with Gasteiger partial charge < -0.3 is 20.1 Å². The number of nitrogens with two attached hydrogens (primary N) is 1. The Bertz CT molecular complexity index is 1100. The lowest BCUT2D eigenvalue weighted by molar-refractivity contribution is -0.161. The van der Waals surface area contributed by atoms with Gasteiger partial charge in [-0.3, -0.25) is 18.6 Å². The van der Waals surface area contributed by atoms with E-state index in [0.717, 1.165) is 70.6 Å². The summed E-state index contributed by atoms with van der Waals surface area (Å²) in [6, 6.07) is 0. The van der Waals surface area contributed by atoms with E-state index in [4.69, 9.17) is 24.3 Å². The molecular weight excluding hydrogens is 689 g/mol. The van der Waals surface area contributed by atoms with Gasteiger partial charge in [0.05, 0.1) is 13.2 Å². The Labute approximate surface area is 322 Å². The van der Waals surface area contributed by atoms with Crippen LogP contribution in [0, 0.1) is 0 Å². The minimum Gasteiger partial charge on any atom is -0.462 e. The fourth-order valence-electron chi connectivity index (χ4n) is 5.07. The topological polar surface area (TPSA) is 134 Å². The lowest BCUT2D eigenvalue weighted by Gasteiger charge is -2.19. The van der Waals surface area contributed by atoms with Crippen molar-refractivity contribution in [3.63, 3.8) is 0 Å². The third-order valence-electron chi connectivity index (χ3n) is 8.08. The highest BCUT2D eigenvalue weighted by atomic mass is 31.2. The third-order valence-corrected chi connectivity index (χ3v) is 9.06. The molecule has 0 rings (SSSR count). The Balaban J connectivity index is 4.28. The van der Waals surface area contributed by atoms with Crippen molar-refractivity contribution < 1.29 is 37.6 Å². The van der Waals surface area contributed by atoms with Crippen LogP contribution in [0.1, 0.15) is 155 Å². The molecule has 0 aliphatic carbocycles. The second-order valence-corrected chi connectivity index (χ2v) is 14.6. The van der Waals surface area contributed by atoms with Gasteiger partial charge in [0, 0.05) is 19.4 Å². The van der Waals surface area contributed by atoms with Gasteiger partial charge in [0.2, 0.25) is 0 Å². The summed E-state index contributed by atoms with van der Waals surface area (Å²) in [6.45, 7) is 3.51. The predicted octanol–water partition coefficient (Wildman–Crippen LogP) is 11.5. The third kappa shape index (κ3) is 39.0. The Kier molecular flexibility index (Phi) is 37.3. The van der Waals surface area contributed by atoms with E-state index in [1.165, 1.54) is 44.9 Å². The van der Waals surface area contributed by atoms with E-state index < -0.39 is 32.5 Å². The number of phosphoric ester groups is 1. The average molecular weight is 764 g/mol. The molecule has 0 aromatic rings. The average Bonchev–Trinajstić information content (AvgIpc) is 3.14. The molecular formula is C43H74NO8P. The number of carbonyl (C=O) groups excluding carboxylic acids is 2. The van der Waals surface area contributed by atoms with Crippen LogP contribution in [-0.2, 0) is 32.7 Å². The zero-order chi connectivity index (χ0) is 38.9. The molecule has 0 saturated heterocycles. The number of esters is 2. The molecule has 0 bridgehead atoms. The van der Waals surface area contributed by atoms with E-state index in [-0.39, 0.29) is 32.6 Å². The molecule has 1 unspecified atom stereocenters. The van der Waals surface area contributed by atoms with Crippen molar-refractivity contribution in [3.8, 4) is 0 Å². The first-order valence-electron chi connectivity index (χ1n) is 20.4. The summed E-state index contributed by atoms with van der Waals surface area (Å²) in [7, 11) is -4.39. The van der Waals surface area contributed by atoms with Crippen LogP contribution in [0.25, 0.3) is 0 Å². The summed E-state index contributed by atoms with van der Waals surface area (Å²) in [4.78, 5) is 34.8. The maximum Gasteiger partial charge on any atom is 0.472 e. The monoisotopic (exact) mass is 764 g/mol. The van der Waals surface area contributed by atoms with Crippen LogP contribution in [0.15, 0.2) is 72.9 Å². The summed E-state index contributed by atoms with van der Waals surface area (Å²) in [5.74, 6) is -0.894. The Morgan fingerprint density at radius 2 is 1.04 bits per heavy atom. The molecule has 0 amide bonds. The van der Waals surface area contributed by atoms with Crippen LogP contribution in [0.2, 0.25) is 0 Å². The minimum atomic E-state index is -4.39. The molecule has 0 aliphatic heterocycles. The Morgan fingerprint density at radius 1 is 0.585 bits per heavy atom. The molecule has 304 valence electrons. The predicted molar refractivity (Wildman–Crippen MR) is 219 cm³/mol. The van der Waals surface area contributed by atoms with Gasteiger partial charge in [-0.05, 0) is 83.5 Å². The van der Waals surface area contributed by atoms with Crippen molar-refractivity contribution in [2.24, 2.45) is 5.73 Å². The zero-order valence-corrected chi connectivity index (χ0v) is 34.1. The Hall–Kier alpha value is -2.55. The van der Waals surface area contributed by atoms with E-state index >= 15 is 0 Å². The molecule has 3 N–H and O–H groups in total. The van der Waals surface area contributed by atoms with E-state index in [1.807, 2.05) is 0 Å². The lowest BCUT2D eigenvalue weighted by atomic mass is 10.1. The number of hydrogen-bond donors (Lipinski definition) is 2. The molecule has 0 aromatic heterocycles. The number of hydrogen-bond acceptors (Lipinski definition) is 8. The van der Waals surface area contributed by atoms with Crippen molar-refractivity contribution in [2.45, 2.75) is 161 Å². The number of rotatable bonds is 37. The van der Waals surface area contributed by atoms with E-state index in [9.17, 15) is 19.0 Å². The Morgan fingerprint density at radius 3 is 1.58 bits per heavy atom. The molecule has 0 aliphatic rings. The highest BCUT2D eigenvalue weighted by Gasteiger charge is 2.25. The maximum absolute atomic E-state index is 12.6. The van der Waals surface area contributed by atoms with Crippen LogP contribution in [0.4, 0.5) is 0 Å². The van der Waals surface area contributed by atoms with Gasteiger partial charge in [-0.2, -0.15) is 0 Å². The number of unbranched alkanes of at least 4 members (excludes halogenated alkanes) is 12. The van der Waals surface area contributed by atoms with Crippen molar-refractivity contribution in [1.29, 1.82) is 0 Å². The molecule has 0 fully saturated rings. The quantitative estimate of drug-likeness (QED) is 0.0274. The maximum atomic E-state index is 12.6. The van der Waals surface area contributed by atoms with Crippen LogP contribution < -0.4 is 5.73 Å². The van der Waals surface area contributed by atoms with Crippen molar-refractivity contribution in [2.75, 3.05) is 26.4 Å². The molecule has 0 saturated carbocycles. The van der Waals surface area contributed by atoms with Gasteiger partial charge in [-0.15, -0.1) is 0 Å². The highest BCUT2D eigenvalue weighted by Crippen LogP contribution is 2.43. The number of phosphoric acid groups is 1. The first-order valence-corrected chi connectivity index (χ1v) is 21.9. The summed E-state index contributed by atoms with van der Waals surface area (Å²) in [5.41, 5.74) is 5.34. The second kappa shape index (κ2) is 39.2. The smallest absolute Gasteiger partial charge is 0.462 e. The standard InChI is InChI=1S/C43H74NO8P/c1-3-5-7-9-11-13-15-17-19-20-22-24-26-28-30-32-34-36-43(46)52-41(40-51-53(47,48)50-38-37-44)39-49-42(45)35-33-31-29-27-25-23-21-18-16-14-12-10-8-6-4-2/h6,8,11-14,17-19,21,25,27,41H,3-5,7,9-10,15-16,20,22-24,26,28-40,44H2,1-2H3,(H,47,48)/b8-6+,13-11+,14-12+,19-17+,21-18+,27-25+/t41-/m1/s1. The molecule has 0 radical (unpaired) electrons. The second-order valence-electron chi connectivity index (χ2n) is 13.1. The van der Waals surface area contributed by atoms with E-state index in [2.05, 4.69) is 86.8 Å². The first-order chi connectivity index (χ1) is 25.8. The van der Waals surface area contributed by atoms with E-state index in [1.54, 1.807) is 0 Å². The van der Waals surface area contributed by atoms with Crippen molar-refractivity contribution >= 4 is 19.8 Å². The summed E-state index contributed by atoms with van der Waals surface area (Å²) in [5, 5.41) is 0. The van der Waals surface area contributed by atoms with Crippen LogP contribution in [-0.4, -0.2) is 49.3 Å². The van der Waals surface area contributed by atoms with Gasteiger partial charge >= 0.3 is 19.8 Å². The van der Waals surface area contributed by atoms with Crippen LogP contribution in [0.5, 0.6) is 0 Å². The van der Waals surface area contributed by atoms with Crippen LogP contribution >= 0.6 is 7.82 Å².